The average molecular weight is 326 g/mol. The SMILES string of the molecule is COC(=O)c1ccc(C2OC[C@H]3OC(O)[C@H](O)[C@@H](O)[C@@H]3O2)cc1. The zero-order valence-corrected chi connectivity index (χ0v) is 12.4. The summed E-state index contributed by atoms with van der Waals surface area (Å²) in [6, 6.07) is 6.45. The Morgan fingerprint density at radius 3 is 2.48 bits per heavy atom. The second-order valence-electron chi connectivity index (χ2n) is 5.43. The van der Waals surface area contributed by atoms with Gasteiger partial charge in [0.15, 0.2) is 12.6 Å². The van der Waals surface area contributed by atoms with Crippen LogP contribution in [0.3, 0.4) is 0 Å². The van der Waals surface area contributed by atoms with E-state index < -0.39 is 43.0 Å². The minimum atomic E-state index is -1.48. The molecule has 126 valence electrons. The molecule has 2 aliphatic heterocycles. The first-order valence-electron chi connectivity index (χ1n) is 7.16. The van der Waals surface area contributed by atoms with Gasteiger partial charge in [-0.3, -0.25) is 0 Å². The van der Waals surface area contributed by atoms with Crippen LogP contribution in [0.5, 0.6) is 0 Å². The van der Waals surface area contributed by atoms with E-state index in [1.54, 1.807) is 24.3 Å². The summed E-state index contributed by atoms with van der Waals surface area (Å²) in [5.41, 5.74) is 1.04. The summed E-state index contributed by atoms with van der Waals surface area (Å²) < 4.78 is 21.0. The van der Waals surface area contributed by atoms with Crippen molar-refractivity contribution in [1.29, 1.82) is 0 Å². The van der Waals surface area contributed by atoms with Crippen LogP contribution in [-0.4, -0.2) is 65.7 Å². The first-order valence-corrected chi connectivity index (χ1v) is 7.16. The van der Waals surface area contributed by atoms with Crippen LogP contribution >= 0.6 is 0 Å². The van der Waals surface area contributed by atoms with Gasteiger partial charge < -0.3 is 34.3 Å². The van der Waals surface area contributed by atoms with Gasteiger partial charge in [-0.1, -0.05) is 12.1 Å². The summed E-state index contributed by atoms with van der Waals surface area (Å²) in [6.45, 7) is 0.0922. The molecule has 2 aliphatic rings. The minimum absolute atomic E-state index is 0.0922. The van der Waals surface area contributed by atoms with E-state index in [1.165, 1.54) is 7.11 Å². The van der Waals surface area contributed by atoms with E-state index in [0.717, 1.165) is 0 Å². The first kappa shape index (κ1) is 16.3. The summed E-state index contributed by atoms with van der Waals surface area (Å²) >= 11 is 0. The Bertz CT molecular complexity index is 557. The number of hydrogen-bond donors (Lipinski definition) is 3. The van der Waals surface area contributed by atoms with Gasteiger partial charge >= 0.3 is 5.97 Å². The van der Waals surface area contributed by atoms with Gasteiger partial charge in [-0.15, -0.1) is 0 Å². The van der Waals surface area contributed by atoms with Crippen molar-refractivity contribution < 1.29 is 39.1 Å². The second-order valence-corrected chi connectivity index (χ2v) is 5.43. The molecule has 3 rings (SSSR count). The number of methoxy groups -OCH3 is 1. The molecule has 2 heterocycles. The highest BCUT2D eigenvalue weighted by Gasteiger charge is 2.48. The van der Waals surface area contributed by atoms with Crippen LogP contribution in [-0.2, 0) is 18.9 Å². The largest absolute Gasteiger partial charge is 0.465 e. The van der Waals surface area contributed by atoms with Crippen molar-refractivity contribution >= 4 is 5.97 Å². The highest BCUT2D eigenvalue weighted by Crippen LogP contribution is 2.33. The Morgan fingerprint density at radius 1 is 1.13 bits per heavy atom. The van der Waals surface area contributed by atoms with Crippen LogP contribution in [0, 0.1) is 0 Å². The van der Waals surface area contributed by atoms with E-state index >= 15 is 0 Å². The van der Waals surface area contributed by atoms with Crippen molar-refractivity contribution in [1.82, 2.24) is 0 Å². The van der Waals surface area contributed by atoms with Crippen LogP contribution in [0.2, 0.25) is 0 Å². The van der Waals surface area contributed by atoms with Crippen molar-refractivity contribution in [2.24, 2.45) is 0 Å². The molecule has 2 saturated heterocycles. The van der Waals surface area contributed by atoms with Crippen molar-refractivity contribution in [2.75, 3.05) is 13.7 Å². The number of fused-ring (bicyclic) bond motifs is 1. The molecule has 0 radical (unpaired) electrons. The number of hydrogen-bond acceptors (Lipinski definition) is 8. The normalized spacial score (nSPS) is 37.0. The lowest BCUT2D eigenvalue weighted by atomic mass is 9.98. The molecule has 3 N–H and O–H groups in total. The van der Waals surface area contributed by atoms with Crippen LogP contribution in [0.15, 0.2) is 24.3 Å². The summed E-state index contributed by atoms with van der Waals surface area (Å²) in [4.78, 5) is 11.4. The van der Waals surface area contributed by atoms with Crippen molar-refractivity contribution in [3.05, 3.63) is 35.4 Å². The average Bonchev–Trinajstić information content (AvgIpc) is 2.59. The van der Waals surface area contributed by atoms with Crippen molar-refractivity contribution in [3.63, 3.8) is 0 Å². The summed E-state index contributed by atoms with van der Waals surface area (Å²) in [7, 11) is 1.30. The Morgan fingerprint density at radius 2 is 1.83 bits per heavy atom. The predicted octanol–water partition coefficient (Wildman–Crippen LogP) is -0.674. The maximum atomic E-state index is 11.4. The quantitative estimate of drug-likeness (QED) is 0.613. The van der Waals surface area contributed by atoms with E-state index in [2.05, 4.69) is 4.74 Å². The number of aliphatic hydroxyl groups excluding tert-OH is 3. The number of benzene rings is 1. The molecule has 0 amide bonds. The zero-order valence-electron chi connectivity index (χ0n) is 12.4. The van der Waals surface area contributed by atoms with Crippen LogP contribution < -0.4 is 0 Å². The minimum Gasteiger partial charge on any atom is -0.465 e. The molecule has 8 nitrogen and oxygen atoms in total. The molecular formula is C15H18O8. The number of esters is 1. The molecular weight excluding hydrogens is 308 g/mol. The molecule has 2 fully saturated rings. The van der Waals surface area contributed by atoms with Gasteiger partial charge in [-0.25, -0.2) is 4.79 Å². The second kappa shape index (κ2) is 6.52. The third kappa shape index (κ3) is 3.09. The standard InChI is InChI=1S/C15H18O8/c1-20-13(18)7-2-4-8(5-3-7)15-21-6-9-12(23-15)10(16)11(17)14(19)22-9/h2-5,9-12,14-17,19H,6H2,1H3/t9-,10-,11-,12-,14?,15?/m1/s1. The van der Waals surface area contributed by atoms with E-state index in [1.807, 2.05) is 0 Å². The molecule has 0 aromatic heterocycles. The van der Waals surface area contributed by atoms with Gasteiger partial charge in [0.2, 0.25) is 0 Å². The fraction of sp³-hybridized carbons (Fsp3) is 0.533. The molecule has 0 saturated carbocycles. The van der Waals surface area contributed by atoms with E-state index in [4.69, 9.17) is 14.2 Å². The monoisotopic (exact) mass is 326 g/mol. The number of ether oxygens (including phenoxy) is 4. The summed E-state index contributed by atoms with van der Waals surface area (Å²) in [6.07, 6.45) is -6.49. The third-order valence-electron chi connectivity index (χ3n) is 3.96. The topological polar surface area (TPSA) is 115 Å². The van der Waals surface area contributed by atoms with Gasteiger partial charge in [0.05, 0.1) is 19.3 Å². The van der Waals surface area contributed by atoms with Crippen LogP contribution in [0.4, 0.5) is 0 Å². The number of carbonyl (C=O) groups is 1. The van der Waals surface area contributed by atoms with Gasteiger partial charge in [0, 0.05) is 5.56 Å². The van der Waals surface area contributed by atoms with Crippen molar-refractivity contribution in [3.8, 4) is 0 Å². The first-order chi connectivity index (χ1) is 11.0. The van der Waals surface area contributed by atoms with Crippen LogP contribution in [0.1, 0.15) is 22.2 Å². The molecule has 2 unspecified atom stereocenters. The number of rotatable bonds is 2. The zero-order chi connectivity index (χ0) is 16.6. The molecule has 6 atom stereocenters. The molecule has 1 aromatic carbocycles. The Labute approximate surface area is 132 Å². The van der Waals surface area contributed by atoms with Gasteiger partial charge in [0.25, 0.3) is 0 Å². The number of carbonyl (C=O) groups excluding carboxylic acids is 1. The highest BCUT2D eigenvalue weighted by molar-refractivity contribution is 5.89. The fourth-order valence-electron chi connectivity index (χ4n) is 2.66. The maximum absolute atomic E-state index is 11.4. The number of aliphatic hydroxyl groups is 3. The van der Waals surface area contributed by atoms with E-state index in [9.17, 15) is 20.1 Å². The van der Waals surface area contributed by atoms with Gasteiger partial charge in [-0.05, 0) is 12.1 Å². The molecule has 0 spiro atoms. The smallest absolute Gasteiger partial charge is 0.337 e. The van der Waals surface area contributed by atoms with E-state index in [0.29, 0.717) is 11.1 Å². The Hall–Kier alpha value is -1.55. The summed E-state index contributed by atoms with van der Waals surface area (Å²) in [5, 5.41) is 29.2. The lowest BCUT2D eigenvalue weighted by Gasteiger charge is -2.45. The summed E-state index contributed by atoms with van der Waals surface area (Å²) in [5.74, 6) is -0.449. The molecule has 0 bridgehead atoms. The van der Waals surface area contributed by atoms with E-state index in [-0.39, 0.29) is 6.61 Å². The lowest BCUT2D eigenvalue weighted by molar-refractivity contribution is -0.354. The lowest BCUT2D eigenvalue weighted by Crippen LogP contribution is -2.61. The van der Waals surface area contributed by atoms with Gasteiger partial charge in [-0.2, -0.15) is 0 Å². The fourth-order valence-corrected chi connectivity index (χ4v) is 2.66. The predicted molar refractivity (Wildman–Crippen MR) is 74.2 cm³/mol. The maximum Gasteiger partial charge on any atom is 0.337 e. The van der Waals surface area contributed by atoms with Crippen LogP contribution in [0.25, 0.3) is 0 Å². The molecule has 8 heteroatoms. The Kier molecular flexibility index (Phi) is 4.62. The molecule has 1 aromatic rings. The van der Waals surface area contributed by atoms with Crippen molar-refractivity contribution in [2.45, 2.75) is 37.0 Å². The van der Waals surface area contributed by atoms with Gasteiger partial charge in [0.1, 0.15) is 24.4 Å². The molecule has 23 heavy (non-hydrogen) atoms. The molecule has 0 aliphatic carbocycles. The Balaban J connectivity index is 1.72. The third-order valence-corrected chi connectivity index (χ3v) is 3.96. The highest BCUT2D eigenvalue weighted by atomic mass is 16.7.